The minimum absolute atomic E-state index is 0.0178. The predicted molar refractivity (Wildman–Crippen MR) is 90.8 cm³/mol. The molecule has 0 bridgehead atoms. The van der Waals surface area contributed by atoms with Gasteiger partial charge in [-0.2, -0.15) is 0 Å². The van der Waals surface area contributed by atoms with Gasteiger partial charge < -0.3 is 14.6 Å². The lowest BCUT2D eigenvalue weighted by Crippen LogP contribution is -2.62. The Balaban J connectivity index is 1.43. The van der Waals surface area contributed by atoms with Crippen LogP contribution in [0.3, 0.4) is 0 Å². The van der Waals surface area contributed by atoms with Crippen LogP contribution in [0.2, 0.25) is 0 Å². The monoisotopic (exact) mass is 319 g/mol. The average Bonchev–Trinajstić information content (AvgIpc) is 2.55. The van der Waals surface area contributed by atoms with E-state index in [-0.39, 0.29) is 17.6 Å². The molecule has 1 heterocycles. The molecule has 3 rings (SSSR count). The van der Waals surface area contributed by atoms with Crippen molar-refractivity contribution in [1.82, 2.24) is 4.90 Å². The van der Waals surface area contributed by atoms with Crippen molar-refractivity contribution < 1.29 is 14.6 Å². The summed E-state index contributed by atoms with van der Waals surface area (Å²) in [5.74, 6) is 0.948. The summed E-state index contributed by atoms with van der Waals surface area (Å²) in [6, 6.07) is 8.19. The van der Waals surface area contributed by atoms with Gasteiger partial charge in [-0.3, -0.25) is 4.90 Å². The number of aryl methyl sites for hydroxylation is 1. The van der Waals surface area contributed by atoms with Crippen molar-refractivity contribution in [1.29, 1.82) is 0 Å². The second kappa shape index (κ2) is 7.20. The summed E-state index contributed by atoms with van der Waals surface area (Å²) in [6.07, 6.45) is 2.95. The highest BCUT2D eigenvalue weighted by atomic mass is 16.5. The fraction of sp³-hybridized carbons (Fsp3) is 0.684. The molecule has 1 aromatic rings. The topological polar surface area (TPSA) is 41.9 Å². The molecule has 0 aromatic heterocycles. The van der Waals surface area contributed by atoms with Gasteiger partial charge in [-0.05, 0) is 57.5 Å². The van der Waals surface area contributed by atoms with Crippen molar-refractivity contribution in [2.75, 3.05) is 32.8 Å². The first-order valence-corrected chi connectivity index (χ1v) is 8.85. The molecular formula is C19H29NO3. The van der Waals surface area contributed by atoms with Crippen molar-refractivity contribution in [2.24, 2.45) is 5.41 Å². The Morgan fingerprint density at radius 2 is 2.09 bits per heavy atom. The molecule has 2 aliphatic rings. The molecule has 0 amide bonds. The van der Waals surface area contributed by atoms with E-state index in [1.807, 2.05) is 19.1 Å². The van der Waals surface area contributed by atoms with Gasteiger partial charge in [0.05, 0.1) is 12.2 Å². The summed E-state index contributed by atoms with van der Waals surface area (Å²) in [5.41, 5.74) is 1.24. The second-order valence-corrected chi connectivity index (χ2v) is 6.94. The number of hydrogen-bond donors (Lipinski definition) is 1. The Hall–Kier alpha value is -1.10. The fourth-order valence-corrected chi connectivity index (χ4v) is 4.01. The molecule has 1 aliphatic carbocycles. The predicted octanol–water partition coefficient (Wildman–Crippen LogP) is 2.63. The summed E-state index contributed by atoms with van der Waals surface area (Å²) in [5, 5.41) is 10.2. The molecule has 2 fully saturated rings. The number of aliphatic hydroxyl groups is 1. The van der Waals surface area contributed by atoms with Gasteiger partial charge in [-0.15, -0.1) is 0 Å². The van der Waals surface area contributed by atoms with Crippen LogP contribution in [-0.2, 0) is 4.74 Å². The van der Waals surface area contributed by atoms with Crippen LogP contribution in [-0.4, -0.2) is 55.1 Å². The van der Waals surface area contributed by atoms with E-state index in [9.17, 15) is 5.11 Å². The zero-order chi connectivity index (χ0) is 16.3. The van der Waals surface area contributed by atoms with Gasteiger partial charge in [0.15, 0.2) is 0 Å². The van der Waals surface area contributed by atoms with E-state index in [0.717, 1.165) is 51.3 Å². The number of nitrogens with zero attached hydrogens (tertiary/aromatic N) is 1. The van der Waals surface area contributed by atoms with Crippen LogP contribution in [0.1, 0.15) is 31.7 Å². The molecule has 1 aliphatic heterocycles. The largest absolute Gasteiger partial charge is 0.492 e. The third kappa shape index (κ3) is 3.54. The molecule has 1 spiro atoms. The van der Waals surface area contributed by atoms with Crippen LogP contribution in [0.5, 0.6) is 5.75 Å². The Morgan fingerprint density at radius 1 is 1.30 bits per heavy atom. The molecule has 1 N–H and O–H groups in total. The molecule has 2 atom stereocenters. The Kier molecular flexibility index (Phi) is 5.24. The minimum Gasteiger partial charge on any atom is -0.492 e. The van der Waals surface area contributed by atoms with Gasteiger partial charge in [0.2, 0.25) is 0 Å². The lowest BCUT2D eigenvalue weighted by Gasteiger charge is -2.56. The molecule has 4 heteroatoms. The van der Waals surface area contributed by atoms with Crippen molar-refractivity contribution in [3.8, 4) is 5.75 Å². The third-order valence-electron chi connectivity index (χ3n) is 5.56. The lowest BCUT2D eigenvalue weighted by molar-refractivity contribution is -0.209. The van der Waals surface area contributed by atoms with E-state index >= 15 is 0 Å². The molecule has 2 unspecified atom stereocenters. The highest BCUT2D eigenvalue weighted by Gasteiger charge is 2.55. The molecule has 23 heavy (non-hydrogen) atoms. The smallest absolute Gasteiger partial charge is 0.119 e. The summed E-state index contributed by atoms with van der Waals surface area (Å²) in [7, 11) is 0. The first kappa shape index (κ1) is 16.7. The Labute approximate surface area is 139 Å². The van der Waals surface area contributed by atoms with Gasteiger partial charge >= 0.3 is 0 Å². The van der Waals surface area contributed by atoms with Gasteiger partial charge in [0.1, 0.15) is 12.4 Å². The quantitative estimate of drug-likeness (QED) is 0.875. The summed E-state index contributed by atoms with van der Waals surface area (Å²) < 4.78 is 11.7. The molecule has 0 radical (unpaired) electrons. The zero-order valence-electron chi connectivity index (χ0n) is 14.3. The summed E-state index contributed by atoms with van der Waals surface area (Å²) >= 11 is 0. The molecule has 1 saturated heterocycles. The number of piperidine rings is 1. The van der Waals surface area contributed by atoms with Crippen LogP contribution in [0.4, 0.5) is 0 Å². The molecular weight excluding hydrogens is 290 g/mol. The van der Waals surface area contributed by atoms with Crippen LogP contribution >= 0.6 is 0 Å². The number of likely N-dealkylation sites (tertiary alicyclic amines) is 1. The number of hydrogen-bond acceptors (Lipinski definition) is 4. The second-order valence-electron chi connectivity index (χ2n) is 6.94. The van der Waals surface area contributed by atoms with Crippen LogP contribution in [0.25, 0.3) is 0 Å². The number of ether oxygens (including phenoxy) is 2. The minimum atomic E-state index is -0.176. The van der Waals surface area contributed by atoms with E-state index in [1.54, 1.807) is 0 Å². The van der Waals surface area contributed by atoms with Crippen molar-refractivity contribution in [3.05, 3.63) is 29.8 Å². The third-order valence-corrected chi connectivity index (χ3v) is 5.56. The normalized spacial score (nSPS) is 26.9. The highest BCUT2D eigenvalue weighted by molar-refractivity contribution is 5.27. The van der Waals surface area contributed by atoms with Crippen molar-refractivity contribution in [2.45, 2.75) is 45.3 Å². The zero-order valence-corrected chi connectivity index (χ0v) is 14.3. The average molecular weight is 319 g/mol. The maximum Gasteiger partial charge on any atom is 0.119 e. The van der Waals surface area contributed by atoms with Gasteiger partial charge in [-0.1, -0.05) is 12.1 Å². The molecule has 1 aromatic carbocycles. The first-order chi connectivity index (χ1) is 11.1. The van der Waals surface area contributed by atoms with E-state index in [2.05, 4.69) is 24.0 Å². The van der Waals surface area contributed by atoms with Crippen LogP contribution < -0.4 is 4.74 Å². The highest BCUT2D eigenvalue weighted by Crippen LogP contribution is 2.50. The van der Waals surface area contributed by atoms with E-state index in [4.69, 9.17) is 9.47 Å². The number of benzene rings is 1. The number of aliphatic hydroxyl groups excluding tert-OH is 1. The van der Waals surface area contributed by atoms with E-state index < -0.39 is 0 Å². The van der Waals surface area contributed by atoms with Crippen LogP contribution in [0.15, 0.2) is 24.3 Å². The SMILES string of the molecule is CCOC1CC(O)C12CCN(CCOc1cccc(C)c1)CC2. The lowest BCUT2D eigenvalue weighted by atomic mass is 9.58. The van der Waals surface area contributed by atoms with E-state index in [1.165, 1.54) is 5.56 Å². The summed E-state index contributed by atoms with van der Waals surface area (Å²) in [6.45, 7) is 8.57. The molecule has 4 nitrogen and oxygen atoms in total. The van der Waals surface area contributed by atoms with Crippen molar-refractivity contribution in [3.63, 3.8) is 0 Å². The maximum absolute atomic E-state index is 10.2. The maximum atomic E-state index is 10.2. The van der Waals surface area contributed by atoms with E-state index in [0.29, 0.717) is 6.61 Å². The number of rotatable bonds is 6. The summed E-state index contributed by atoms with van der Waals surface area (Å²) in [4.78, 5) is 2.44. The first-order valence-electron chi connectivity index (χ1n) is 8.85. The molecule has 1 saturated carbocycles. The van der Waals surface area contributed by atoms with Crippen molar-refractivity contribution >= 4 is 0 Å². The van der Waals surface area contributed by atoms with Gasteiger partial charge in [0.25, 0.3) is 0 Å². The van der Waals surface area contributed by atoms with Gasteiger partial charge in [-0.25, -0.2) is 0 Å². The molecule has 128 valence electrons. The Morgan fingerprint density at radius 3 is 2.74 bits per heavy atom. The van der Waals surface area contributed by atoms with Crippen LogP contribution in [0, 0.1) is 12.3 Å². The Bertz CT molecular complexity index is 509. The van der Waals surface area contributed by atoms with Gasteiger partial charge in [0, 0.05) is 25.0 Å². The standard InChI is InChI=1S/C19H29NO3/c1-3-22-18-14-17(21)19(18)7-9-20(10-8-19)11-12-23-16-6-4-5-15(2)13-16/h4-6,13,17-18,21H,3,7-12,14H2,1-2H3. The fourth-order valence-electron chi connectivity index (χ4n) is 4.01.